The van der Waals surface area contributed by atoms with Gasteiger partial charge in [-0.1, -0.05) is 13.3 Å². The van der Waals surface area contributed by atoms with E-state index in [0.29, 0.717) is 19.4 Å². The minimum atomic E-state index is -1.35. The van der Waals surface area contributed by atoms with Gasteiger partial charge in [-0.2, -0.15) is 0 Å². The number of aliphatic hydroxyl groups excluding tert-OH is 4. The van der Waals surface area contributed by atoms with Crippen molar-refractivity contribution in [2.24, 2.45) is 11.8 Å². The maximum Gasteiger partial charge on any atom is 0.329 e. The van der Waals surface area contributed by atoms with Crippen LogP contribution in [0.4, 0.5) is 0 Å². The first-order valence-corrected chi connectivity index (χ1v) is 12.9. The van der Waals surface area contributed by atoms with Crippen LogP contribution in [0.3, 0.4) is 0 Å². The zero-order valence-electron chi connectivity index (χ0n) is 21.8. The topological polar surface area (TPSA) is 211 Å². The number of hydrogen-bond acceptors (Lipinski definition) is 12. The highest BCUT2D eigenvalue weighted by Gasteiger charge is 2.46. The van der Waals surface area contributed by atoms with Crippen molar-refractivity contribution in [2.45, 2.75) is 75.5 Å². The van der Waals surface area contributed by atoms with Crippen molar-refractivity contribution < 1.29 is 68.6 Å². The van der Waals surface area contributed by atoms with Crippen LogP contribution in [-0.4, -0.2) is 144 Å². The molecular formula is C24H42O14. The Morgan fingerprint density at radius 2 is 1.05 bits per heavy atom. The zero-order chi connectivity index (χ0) is 28.2. The minimum Gasteiger partial charge on any atom is -0.480 e. The van der Waals surface area contributed by atoms with E-state index in [-0.39, 0.29) is 33.0 Å². The summed E-state index contributed by atoms with van der Waals surface area (Å²) in [5, 5.41) is 60.3. The first-order valence-electron chi connectivity index (χ1n) is 12.9. The summed E-state index contributed by atoms with van der Waals surface area (Å²) in [7, 11) is 0. The third-order valence-electron chi connectivity index (χ3n) is 6.69. The van der Waals surface area contributed by atoms with Crippen molar-refractivity contribution in [2.75, 3.05) is 52.9 Å². The fraction of sp³-hybridized carbons (Fsp3) is 0.917. The summed E-state index contributed by atoms with van der Waals surface area (Å²) in [5.74, 6) is -3.78. The van der Waals surface area contributed by atoms with E-state index in [2.05, 4.69) is 0 Å². The van der Waals surface area contributed by atoms with Crippen molar-refractivity contribution in [1.29, 1.82) is 0 Å². The molecule has 2 fully saturated rings. The molecule has 6 N–H and O–H groups in total. The average molecular weight is 555 g/mol. The van der Waals surface area contributed by atoms with Crippen LogP contribution in [-0.2, 0) is 38.0 Å². The molecule has 0 aromatic heterocycles. The molecule has 2 rings (SSSR count). The molecule has 0 spiro atoms. The second kappa shape index (κ2) is 16.6. The Labute approximate surface area is 221 Å². The maximum absolute atomic E-state index is 10.8. The lowest BCUT2D eigenvalue weighted by Crippen LogP contribution is -2.59. The number of carboxylic acids is 2. The molecule has 14 nitrogen and oxygen atoms in total. The van der Waals surface area contributed by atoms with E-state index in [1.165, 1.54) is 0 Å². The Kier molecular flexibility index (Phi) is 14.3. The van der Waals surface area contributed by atoms with Gasteiger partial charge in [-0.25, -0.2) is 9.59 Å². The molecule has 0 amide bonds. The lowest BCUT2D eigenvalue weighted by Gasteiger charge is -2.44. The molecule has 2 saturated heterocycles. The number of hydrogen-bond donors (Lipinski definition) is 6. The summed E-state index contributed by atoms with van der Waals surface area (Å²) in [6.45, 7) is 2.30. The van der Waals surface area contributed by atoms with Gasteiger partial charge in [0.25, 0.3) is 0 Å². The third kappa shape index (κ3) is 9.62. The van der Waals surface area contributed by atoms with Crippen LogP contribution in [0.2, 0.25) is 0 Å². The summed E-state index contributed by atoms with van der Waals surface area (Å²) in [5.41, 5.74) is 0. The standard InChI is InChI=1S/C24H42O14/c1-3-5-15-23(31)21(29)14(16(37-15)8-35-11-19(25)26)7-34-10-18-24(32)22(30)13(6-33-4-2)17(38-18)9-36-12-20(27)28/h13-18,21-24,29-32H,3-12H2,1-2H3,(H,25,26)(H,27,28)/t13-,14-,15+,16+,17?,18+,21?,22-,23?,24?/m1/s1. The van der Waals surface area contributed by atoms with Gasteiger partial charge in [0.05, 0.1) is 63.6 Å². The third-order valence-corrected chi connectivity index (χ3v) is 6.69. The van der Waals surface area contributed by atoms with E-state index in [4.69, 9.17) is 38.6 Å². The average Bonchev–Trinajstić information content (AvgIpc) is 2.86. The first kappa shape index (κ1) is 32.8. The number of carboxylic acid groups (broad SMARTS) is 2. The van der Waals surface area contributed by atoms with Crippen LogP contribution < -0.4 is 0 Å². The van der Waals surface area contributed by atoms with Crippen LogP contribution >= 0.6 is 0 Å². The largest absolute Gasteiger partial charge is 0.480 e. The Balaban J connectivity index is 2.02. The molecule has 0 saturated carbocycles. The highest BCUT2D eigenvalue weighted by Crippen LogP contribution is 2.31. The predicted molar refractivity (Wildman–Crippen MR) is 127 cm³/mol. The number of carbonyl (C=O) groups is 2. The molecular weight excluding hydrogens is 512 g/mol. The lowest BCUT2D eigenvalue weighted by molar-refractivity contribution is -0.243. The molecule has 222 valence electrons. The van der Waals surface area contributed by atoms with Crippen molar-refractivity contribution in [1.82, 2.24) is 0 Å². The summed E-state index contributed by atoms with van der Waals surface area (Å²) < 4.78 is 33.2. The number of aliphatic carboxylic acids is 2. The quantitative estimate of drug-likeness (QED) is 0.118. The smallest absolute Gasteiger partial charge is 0.329 e. The first-order chi connectivity index (χ1) is 18.1. The molecule has 4 unspecified atom stereocenters. The van der Waals surface area contributed by atoms with E-state index < -0.39 is 85.8 Å². The lowest BCUT2D eigenvalue weighted by atomic mass is 9.86. The fourth-order valence-corrected chi connectivity index (χ4v) is 4.70. The predicted octanol–water partition coefficient (Wildman–Crippen LogP) is -1.75. The normalized spacial score (nSPS) is 35.7. The van der Waals surface area contributed by atoms with E-state index >= 15 is 0 Å². The molecule has 0 radical (unpaired) electrons. The van der Waals surface area contributed by atoms with Crippen LogP contribution in [0.5, 0.6) is 0 Å². The highest BCUT2D eigenvalue weighted by molar-refractivity contribution is 5.68. The molecule has 38 heavy (non-hydrogen) atoms. The molecule has 0 bridgehead atoms. The van der Waals surface area contributed by atoms with Gasteiger partial charge in [0, 0.05) is 18.4 Å². The maximum atomic E-state index is 10.8. The van der Waals surface area contributed by atoms with Gasteiger partial charge in [-0.05, 0) is 13.3 Å². The van der Waals surface area contributed by atoms with E-state index in [1.54, 1.807) is 6.92 Å². The molecule has 2 aliphatic rings. The SMILES string of the molecule is CCC[C@@H]1O[C@@H](COCC(=O)O)[C@@H](COC[C@@H]2OC(COCC(=O)O)[C@@H](COCC)[C@@H](O)C2O)C(O)C1O. The Morgan fingerprint density at radius 1 is 0.605 bits per heavy atom. The van der Waals surface area contributed by atoms with E-state index in [0.717, 1.165) is 0 Å². The van der Waals surface area contributed by atoms with Gasteiger partial charge >= 0.3 is 11.9 Å². The van der Waals surface area contributed by atoms with Gasteiger partial charge in [-0.3, -0.25) is 0 Å². The van der Waals surface area contributed by atoms with Crippen molar-refractivity contribution >= 4 is 11.9 Å². The van der Waals surface area contributed by atoms with Crippen molar-refractivity contribution in [3.63, 3.8) is 0 Å². The van der Waals surface area contributed by atoms with E-state index in [9.17, 15) is 30.0 Å². The number of aliphatic hydroxyl groups is 4. The van der Waals surface area contributed by atoms with Crippen LogP contribution in [0.15, 0.2) is 0 Å². The highest BCUT2D eigenvalue weighted by atomic mass is 16.6. The number of rotatable bonds is 17. The molecule has 10 atom stereocenters. The van der Waals surface area contributed by atoms with Gasteiger partial charge in [0.15, 0.2) is 0 Å². The van der Waals surface area contributed by atoms with Gasteiger partial charge in [0.1, 0.15) is 31.5 Å². The monoisotopic (exact) mass is 554 g/mol. The Hall–Kier alpha value is -1.46. The molecule has 0 aliphatic carbocycles. The van der Waals surface area contributed by atoms with Gasteiger partial charge in [-0.15, -0.1) is 0 Å². The number of ether oxygens (including phenoxy) is 6. The molecule has 2 heterocycles. The van der Waals surface area contributed by atoms with Crippen molar-refractivity contribution in [3.05, 3.63) is 0 Å². The molecule has 0 aromatic rings. The van der Waals surface area contributed by atoms with Gasteiger partial charge < -0.3 is 59.1 Å². The summed E-state index contributed by atoms with van der Waals surface area (Å²) >= 11 is 0. The molecule has 14 heteroatoms. The van der Waals surface area contributed by atoms with E-state index in [1.807, 2.05) is 6.92 Å². The summed E-state index contributed by atoms with van der Waals surface area (Å²) in [4.78, 5) is 21.6. The van der Waals surface area contributed by atoms with Crippen LogP contribution in [0.1, 0.15) is 26.7 Å². The second-order valence-corrected chi connectivity index (χ2v) is 9.52. The summed E-state index contributed by atoms with van der Waals surface area (Å²) in [6.07, 6.45) is -7.08. The van der Waals surface area contributed by atoms with Crippen molar-refractivity contribution in [3.8, 4) is 0 Å². The summed E-state index contributed by atoms with van der Waals surface area (Å²) in [6, 6.07) is 0. The Morgan fingerprint density at radius 3 is 1.53 bits per heavy atom. The van der Waals surface area contributed by atoms with Crippen LogP contribution in [0, 0.1) is 11.8 Å². The molecule has 0 aromatic carbocycles. The zero-order valence-corrected chi connectivity index (χ0v) is 21.8. The van der Waals surface area contributed by atoms with Crippen LogP contribution in [0.25, 0.3) is 0 Å². The van der Waals surface area contributed by atoms with Gasteiger partial charge in [0.2, 0.25) is 0 Å². The minimum absolute atomic E-state index is 0.0594. The second-order valence-electron chi connectivity index (χ2n) is 9.52. The fourth-order valence-electron chi connectivity index (χ4n) is 4.70. The molecule has 2 aliphatic heterocycles. The Bertz CT molecular complexity index is 708.